The molecule has 0 bridgehead atoms. The summed E-state index contributed by atoms with van der Waals surface area (Å²) in [5.74, 6) is -0.288. The number of nitrogens with zero attached hydrogens (tertiary/aromatic N) is 1. The van der Waals surface area contributed by atoms with Crippen LogP contribution in [0.3, 0.4) is 0 Å². The van der Waals surface area contributed by atoms with Crippen molar-refractivity contribution in [3.8, 4) is 0 Å². The van der Waals surface area contributed by atoms with Crippen molar-refractivity contribution in [1.29, 1.82) is 0 Å². The highest BCUT2D eigenvalue weighted by Gasteiger charge is 2.14. The second-order valence-electron chi connectivity index (χ2n) is 5.03. The first-order valence-corrected chi connectivity index (χ1v) is 7.13. The van der Waals surface area contributed by atoms with Gasteiger partial charge >= 0.3 is 5.97 Å². The number of nitrogens with one attached hydrogen (secondary N) is 1. The Bertz CT molecular complexity index is 448. The van der Waals surface area contributed by atoms with E-state index in [1.807, 2.05) is 30.1 Å². The summed E-state index contributed by atoms with van der Waals surface area (Å²) in [5, 5.41) is 2.81. The summed E-state index contributed by atoms with van der Waals surface area (Å²) in [6, 6.07) is 10.2. The Morgan fingerprint density at radius 3 is 2.57 bits per heavy atom. The van der Waals surface area contributed by atoms with Gasteiger partial charge in [0.1, 0.15) is 0 Å². The summed E-state index contributed by atoms with van der Waals surface area (Å²) in [6.45, 7) is 2.88. The maximum absolute atomic E-state index is 11.8. The largest absolute Gasteiger partial charge is 0.469 e. The van der Waals surface area contributed by atoms with Crippen LogP contribution in [0.2, 0.25) is 0 Å². The fourth-order valence-corrected chi connectivity index (χ4v) is 1.97. The molecule has 1 rings (SSSR count). The van der Waals surface area contributed by atoms with E-state index in [-0.39, 0.29) is 17.9 Å². The zero-order valence-electron chi connectivity index (χ0n) is 13.0. The topological polar surface area (TPSA) is 58.6 Å². The van der Waals surface area contributed by atoms with Crippen LogP contribution in [0.5, 0.6) is 0 Å². The Hall–Kier alpha value is -1.88. The molecular formula is C16H24N2O3. The first-order chi connectivity index (χ1) is 10.0. The zero-order valence-corrected chi connectivity index (χ0v) is 13.0. The molecule has 0 radical (unpaired) electrons. The Morgan fingerprint density at radius 1 is 1.29 bits per heavy atom. The van der Waals surface area contributed by atoms with E-state index >= 15 is 0 Å². The third kappa shape index (κ3) is 6.40. The highest BCUT2D eigenvalue weighted by molar-refractivity contribution is 5.78. The summed E-state index contributed by atoms with van der Waals surface area (Å²) in [7, 11) is 3.28. The SMILES string of the molecule is COC(=O)CCCNC(=O)CN(C)[C@H](C)c1ccccc1. The predicted octanol–water partition coefficient (Wildman–Crippen LogP) is 1.75. The predicted molar refractivity (Wildman–Crippen MR) is 81.7 cm³/mol. The number of carbonyl (C=O) groups excluding carboxylic acids is 2. The van der Waals surface area contributed by atoms with Gasteiger partial charge in [0.15, 0.2) is 0 Å². The maximum atomic E-state index is 11.8. The van der Waals surface area contributed by atoms with E-state index in [0.717, 1.165) is 0 Å². The molecule has 1 amide bonds. The zero-order chi connectivity index (χ0) is 15.7. The van der Waals surface area contributed by atoms with Crippen molar-refractivity contribution in [2.45, 2.75) is 25.8 Å². The van der Waals surface area contributed by atoms with Crippen LogP contribution in [0.4, 0.5) is 0 Å². The quantitative estimate of drug-likeness (QED) is 0.586. The average molecular weight is 292 g/mol. The normalized spacial score (nSPS) is 12.0. The van der Waals surface area contributed by atoms with E-state index in [9.17, 15) is 9.59 Å². The number of benzene rings is 1. The molecule has 0 spiro atoms. The highest BCUT2D eigenvalue weighted by Crippen LogP contribution is 2.17. The van der Waals surface area contributed by atoms with Crippen molar-refractivity contribution in [2.24, 2.45) is 0 Å². The Morgan fingerprint density at radius 2 is 1.95 bits per heavy atom. The van der Waals surface area contributed by atoms with E-state index in [1.54, 1.807) is 0 Å². The van der Waals surface area contributed by atoms with Gasteiger partial charge in [0, 0.05) is 19.0 Å². The van der Waals surface area contributed by atoms with Crippen LogP contribution in [-0.2, 0) is 14.3 Å². The number of rotatable bonds is 8. The standard InChI is InChI=1S/C16H24N2O3/c1-13(14-8-5-4-6-9-14)18(2)12-15(19)17-11-7-10-16(20)21-3/h4-6,8-9,13H,7,10-12H2,1-3H3,(H,17,19)/t13-/m1/s1. The fourth-order valence-electron chi connectivity index (χ4n) is 1.97. The molecule has 0 unspecified atom stereocenters. The minimum atomic E-state index is -0.251. The van der Waals surface area contributed by atoms with Crippen LogP contribution >= 0.6 is 0 Å². The van der Waals surface area contributed by atoms with Crippen LogP contribution in [0.25, 0.3) is 0 Å². The number of methoxy groups -OCH3 is 1. The van der Waals surface area contributed by atoms with Gasteiger partial charge in [-0.1, -0.05) is 30.3 Å². The monoisotopic (exact) mass is 292 g/mol. The molecule has 1 aromatic rings. The van der Waals surface area contributed by atoms with E-state index < -0.39 is 0 Å². The molecule has 0 aliphatic carbocycles. The molecule has 0 fully saturated rings. The maximum Gasteiger partial charge on any atom is 0.305 e. The minimum absolute atomic E-state index is 0.0369. The number of likely N-dealkylation sites (N-methyl/N-ethyl adjacent to an activating group) is 1. The van der Waals surface area contributed by atoms with Gasteiger partial charge in [-0.15, -0.1) is 0 Å². The lowest BCUT2D eigenvalue weighted by Crippen LogP contribution is -2.36. The van der Waals surface area contributed by atoms with Gasteiger partial charge in [0.2, 0.25) is 5.91 Å². The summed E-state index contributed by atoms with van der Waals surface area (Å²) < 4.78 is 4.54. The van der Waals surface area contributed by atoms with Gasteiger partial charge in [0.05, 0.1) is 13.7 Å². The fraction of sp³-hybridized carbons (Fsp3) is 0.500. The number of hydrogen-bond donors (Lipinski definition) is 1. The molecule has 116 valence electrons. The Labute approximate surface area is 126 Å². The van der Waals surface area contributed by atoms with Crippen molar-refractivity contribution in [2.75, 3.05) is 27.2 Å². The van der Waals surface area contributed by atoms with Crippen molar-refractivity contribution in [3.05, 3.63) is 35.9 Å². The smallest absolute Gasteiger partial charge is 0.305 e. The molecule has 0 saturated heterocycles. The van der Waals surface area contributed by atoms with Gasteiger partial charge in [-0.25, -0.2) is 0 Å². The van der Waals surface area contributed by atoms with Gasteiger partial charge in [0.25, 0.3) is 0 Å². The lowest BCUT2D eigenvalue weighted by atomic mass is 10.1. The van der Waals surface area contributed by atoms with Crippen molar-refractivity contribution >= 4 is 11.9 Å². The number of hydrogen-bond acceptors (Lipinski definition) is 4. The lowest BCUT2D eigenvalue weighted by molar-refractivity contribution is -0.140. The van der Waals surface area contributed by atoms with Crippen LogP contribution in [-0.4, -0.2) is 44.0 Å². The molecule has 0 saturated carbocycles. The molecule has 0 aliphatic rings. The third-order valence-corrected chi connectivity index (χ3v) is 3.44. The molecule has 5 nitrogen and oxygen atoms in total. The van der Waals surface area contributed by atoms with E-state index in [2.05, 4.69) is 29.1 Å². The molecule has 21 heavy (non-hydrogen) atoms. The van der Waals surface area contributed by atoms with Crippen molar-refractivity contribution < 1.29 is 14.3 Å². The van der Waals surface area contributed by atoms with Crippen molar-refractivity contribution in [1.82, 2.24) is 10.2 Å². The van der Waals surface area contributed by atoms with Gasteiger partial charge in [-0.2, -0.15) is 0 Å². The molecule has 0 aliphatic heterocycles. The summed E-state index contributed by atoms with van der Waals surface area (Å²) in [4.78, 5) is 24.8. The van der Waals surface area contributed by atoms with Crippen LogP contribution in [0, 0.1) is 0 Å². The van der Waals surface area contributed by atoms with Gasteiger partial charge < -0.3 is 10.1 Å². The first-order valence-electron chi connectivity index (χ1n) is 7.13. The molecule has 1 N–H and O–H groups in total. The number of esters is 1. The van der Waals surface area contributed by atoms with E-state index in [1.165, 1.54) is 12.7 Å². The third-order valence-electron chi connectivity index (χ3n) is 3.44. The van der Waals surface area contributed by atoms with Gasteiger partial charge in [-0.3, -0.25) is 14.5 Å². The number of ether oxygens (including phenoxy) is 1. The molecule has 0 aromatic heterocycles. The first kappa shape index (κ1) is 17.2. The van der Waals surface area contributed by atoms with Gasteiger partial charge in [-0.05, 0) is 26.0 Å². The Kier molecular flexibility index (Phi) is 7.46. The van der Waals surface area contributed by atoms with E-state index in [4.69, 9.17) is 0 Å². The van der Waals surface area contributed by atoms with Crippen LogP contribution in [0.15, 0.2) is 30.3 Å². The number of carbonyl (C=O) groups is 2. The minimum Gasteiger partial charge on any atom is -0.469 e. The Balaban J connectivity index is 2.29. The summed E-state index contributed by atoms with van der Waals surface area (Å²) in [6.07, 6.45) is 0.920. The van der Waals surface area contributed by atoms with Crippen molar-refractivity contribution in [3.63, 3.8) is 0 Å². The molecule has 0 heterocycles. The molecule has 1 aromatic carbocycles. The second-order valence-corrected chi connectivity index (χ2v) is 5.03. The molecule has 5 heteroatoms. The second kappa shape index (κ2) is 9.13. The highest BCUT2D eigenvalue weighted by atomic mass is 16.5. The average Bonchev–Trinajstić information content (AvgIpc) is 2.51. The number of amides is 1. The van der Waals surface area contributed by atoms with Crippen LogP contribution in [0.1, 0.15) is 31.4 Å². The lowest BCUT2D eigenvalue weighted by Gasteiger charge is -2.24. The summed E-state index contributed by atoms with van der Waals surface area (Å²) in [5.41, 5.74) is 1.18. The summed E-state index contributed by atoms with van der Waals surface area (Å²) >= 11 is 0. The molecular weight excluding hydrogens is 268 g/mol. The van der Waals surface area contributed by atoms with Crippen LogP contribution < -0.4 is 5.32 Å². The van der Waals surface area contributed by atoms with E-state index in [0.29, 0.717) is 25.9 Å². The molecule has 1 atom stereocenters.